The summed E-state index contributed by atoms with van der Waals surface area (Å²) in [6.45, 7) is 3.97. The van der Waals surface area contributed by atoms with E-state index in [0.29, 0.717) is 5.25 Å². The van der Waals surface area contributed by atoms with Gasteiger partial charge in [-0.1, -0.05) is 42.4 Å². The molecule has 0 fully saturated rings. The van der Waals surface area contributed by atoms with Crippen molar-refractivity contribution in [1.82, 2.24) is 5.32 Å². The smallest absolute Gasteiger partial charge is 0.157 e. The van der Waals surface area contributed by atoms with E-state index in [2.05, 4.69) is 17.2 Å². The topological polar surface area (TPSA) is 24.4 Å². The van der Waals surface area contributed by atoms with Gasteiger partial charge in [-0.25, -0.2) is 0 Å². The standard InChI is InChI=1S/C12H15ClN2S/c1-2-11-8-15-12(16-11)14-7-9-3-5-10(13)6-4-9/h3-6,11H,2,7-8H2,1H3,(H,14,15). The summed E-state index contributed by atoms with van der Waals surface area (Å²) in [5.74, 6) is 0. The number of amidine groups is 1. The van der Waals surface area contributed by atoms with Crippen molar-refractivity contribution in [2.75, 3.05) is 6.54 Å². The summed E-state index contributed by atoms with van der Waals surface area (Å²) in [5.41, 5.74) is 1.23. The van der Waals surface area contributed by atoms with Crippen LogP contribution in [0.25, 0.3) is 0 Å². The van der Waals surface area contributed by atoms with Crippen molar-refractivity contribution in [3.63, 3.8) is 0 Å². The van der Waals surface area contributed by atoms with Gasteiger partial charge in [-0.3, -0.25) is 4.99 Å². The lowest BCUT2D eigenvalue weighted by molar-refractivity contribution is 0.839. The van der Waals surface area contributed by atoms with E-state index in [-0.39, 0.29) is 0 Å². The highest BCUT2D eigenvalue weighted by Gasteiger charge is 2.16. The molecule has 1 unspecified atom stereocenters. The van der Waals surface area contributed by atoms with Crippen LogP contribution in [0.1, 0.15) is 18.9 Å². The van der Waals surface area contributed by atoms with Crippen LogP contribution in [0.15, 0.2) is 29.3 Å². The van der Waals surface area contributed by atoms with Crippen molar-refractivity contribution in [1.29, 1.82) is 0 Å². The monoisotopic (exact) mass is 254 g/mol. The summed E-state index contributed by atoms with van der Waals surface area (Å²) in [6, 6.07) is 7.90. The van der Waals surface area contributed by atoms with Gasteiger partial charge in [0.1, 0.15) is 0 Å². The van der Waals surface area contributed by atoms with Gasteiger partial charge in [-0.05, 0) is 24.1 Å². The van der Waals surface area contributed by atoms with Crippen molar-refractivity contribution in [2.45, 2.75) is 25.1 Å². The first kappa shape index (κ1) is 11.8. The fraction of sp³-hybridized carbons (Fsp3) is 0.417. The predicted octanol–water partition coefficient (Wildman–Crippen LogP) is 3.31. The second-order valence-corrected chi connectivity index (χ2v) is 5.50. The Morgan fingerprint density at radius 3 is 2.81 bits per heavy atom. The molecule has 0 saturated carbocycles. The number of halogens is 1. The maximum absolute atomic E-state index is 5.83. The SMILES string of the molecule is CCC1CN=C(NCc2ccc(Cl)cc2)S1. The minimum Gasteiger partial charge on any atom is -0.361 e. The van der Waals surface area contributed by atoms with E-state index in [0.717, 1.165) is 23.3 Å². The molecule has 0 radical (unpaired) electrons. The van der Waals surface area contributed by atoms with Gasteiger partial charge in [0, 0.05) is 16.8 Å². The summed E-state index contributed by atoms with van der Waals surface area (Å²) in [4.78, 5) is 4.46. The van der Waals surface area contributed by atoms with Gasteiger partial charge < -0.3 is 5.32 Å². The van der Waals surface area contributed by atoms with Gasteiger partial charge >= 0.3 is 0 Å². The Hall–Kier alpha value is -0.670. The van der Waals surface area contributed by atoms with Gasteiger partial charge in [0.2, 0.25) is 0 Å². The molecule has 1 N–H and O–H groups in total. The van der Waals surface area contributed by atoms with Crippen molar-refractivity contribution < 1.29 is 0 Å². The number of hydrogen-bond acceptors (Lipinski definition) is 3. The molecule has 4 heteroatoms. The second kappa shape index (κ2) is 5.60. The van der Waals surface area contributed by atoms with Crippen molar-refractivity contribution in [2.24, 2.45) is 4.99 Å². The molecule has 2 rings (SSSR count). The van der Waals surface area contributed by atoms with E-state index in [1.807, 2.05) is 36.0 Å². The highest BCUT2D eigenvalue weighted by atomic mass is 35.5. The molecule has 1 heterocycles. The molecule has 0 saturated heterocycles. The molecule has 1 aliphatic rings. The third-order valence-electron chi connectivity index (χ3n) is 2.53. The van der Waals surface area contributed by atoms with E-state index >= 15 is 0 Å². The summed E-state index contributed by atoms with van der Waals surface area (Å²) >= 11 is 7.67. The Balaban J connectivity index is 1.82. The molecule has 1 aromatic carbocycles. The molecule has 0 spiro atoms. The van der Waals surface area contributed by atoms with Crippen LogP contribution in [0.2, 0.25) is 5.02 Å². The zero-order valence-corrected chi connectivity index (χ0v) is 10.8. The maximum atomic E-state index is 5.83. The fourth-order valence-electron chi connectivity index (χ4n) is 1.51. The molecule has 1 atom stereocenters. The zero-order chi connectivity index (χ0) is 11.4. The largest absolute Gasteiger partial charge is 0.361 e. The zero-order valence-electron chi connectivity index (χ0n) is 9.24. The number of benzene rings is 1. The fourth-order valence-corrected chi connectivity index (χ4v) is 2.57. The molecule has 0 aliphatic carbocycles. The summed E-state index contributed by atoms with van der Waals surface area (Å²) in [7, 11) is 0. The summed E-state index contributed by atoms with van der Waals surface area (Å²) in [5, 5.41) is 5.86. The number of nitrogens with one attached hydrogen (secondary N) is 1. The molecule has 0 bridgehead atoms. The minimum absolute atomic E-state index is 0.660. The van der Waals surface area contributed by atoms with Crippen molar-refractivity contribution in [3.8, 4) is 0 Å². The van der Waals surface area contributed by atoms with Crippen molar-refractivity contribution in [3.05, 3.63) is 34.9 Å². The first-order valence-electron chi connectivity index (χ1n) is 5.47. The first-order chi connectivity index (χ1) is 7.78. The van der Waals surface area contributed by atoms with Crippen LogP contribution in [-0.2, 0) is 6.54 Å². The molecule has 1 aromatic rings. The number of aliphatic imine (C=N–C) groups is 1. The van der Waals surface area contributed by atoms with E-state index in [1.54, 1.807) is 0 Å². The first-order valence-corrected chi connectivity index (χ1v) is 6.73. The van der Waals surface area contributed by atoms with Gasteiger partial charge in [-0.2, -0.15) is 0 Å². The Bertz CT molecular complexity index is 375. The van der Waals surface area contributed by atoms with Gasteiger partial charge in [0.15, 0.2) is 5.17 Å². The lowest BCUT2D eigenvalue weighted by atomic mass is 10.2. The van der Waals surface area contributed by atoms with E-state index in [9.17, 15) is 0 Å². The number of nitrogens with zero attached hydrogens (tertiary/aromatic N) is 1. The number of thioether (sulfide) groups is 1. The third-order valence-corrected chi connectivity index (χ3v) is 4.09. The Morgan fingerprint density at radius 2 is 2.19 bits per heavy atom. The lowest BCUT2D eigenvalue weighted by Crippen LogP contribution is -2.18. The number of hydrogen-bond donors (Lipinski definition) is 1. The second-order valence-electron chi connectivity index (χ2n) is 3.77. The van der Waals surface area contributed by atoms with Crippen molar-refractivity contribution >= 4 is 28.5 Å². The van der Waals surface area contributed by atoms with E-state index < -0.39 is 0 Å². The average Bonchev–Trinajstić information content (AvgIpc) is 2.76. The van der Waals surface area contributed by atoms with Crippen LogP contribution in [0.4, 0.5) is 0 Å². The normalized spacial score (nSPS) is 19.6. The van der Waals surface area contributed by atoms with Crippen LogP contribution < -0.4 is 5.32 Å². The van der Waals surface area contributed by atoms with E-state index in [4.69, 9.17) is 11.6 Å². The van der Waals surface area contributed by atoms with Crippen LogP contribution in [-0.4, -0.2) is 17.0 Å². The number of rotatable bonds is 3. The quantitative estimate of drug-likeness (QED) is 0.895. The average molecular weight is 255 g/mol. The highest BCUT2D eigenvalue weighted by Crippen LogP contribution is 2.22. The van der Waals surface area contributed by atoms with Crippen LogP contribution in [0.5, 0.6) is 0 Å². The predicted molar refractivity (Wildman–Crippen MR) is 72.3 cm³/mol. The highest BCUT2D eigenvalue weighted by molar-refractivity contribution is 8.14. The Kier molecular flexibility index (Phi) is 4.13. The van der Waals surface area contributed by atoms with E-state index in [1.165, 1.54) is 12.0 Å². The summed E-state index contributed by atoms with van der Waals surface area (Å²) in [6.07, 6.45) is 1.18. The molecule has 0 amide bonds. The van der Waals surface area contributed by atoms with Crippen LogP contribution in [0.3, 0.4) is 0 Å². The molecule has 0 aromatic heterocycles. The van der Waals surface area contributed by atoms with Crippen LogP contribution >= 0.6 is 23.4 Å². The molecular weight excluding hydrogens is 240 g/mol. The third kappa shape index (κ3) is 3.16. The summed E-state index contributed by atoms with van der Waals surface area (Å²) < 4.78 is 0. The molecule has 86 valence electrons. The lowest BCUT2D eigenvalue weighted by Gasteiger charge is -2.07. The van der Waals surface area contributed by atoms with Crippen LogP contribution in [0, 0.1) is 0 Å². The van der Waals surface area contributed by atoms with Gasteiger partial charge in [0.05, 0.1) is 6.54 Å². The minimum atomic E-state index is 0.660. The molecule has 16 heavy (non-hydrogen) atoms. The van der Waals surface area contributed by atoms with Gasteiger partial charge in [-0.15, -0.1) is 0 Å². The van der Waals surface area contributed by atoms with Gasteiger partial charge in [0.25, 0.3) is 0 Å². The Morgan fingerprint density at radius 1 is 1.44 bits per heavy atom. The maximum Gasteiger partial charge on any atom is 0.157 e. The molecular formula is C12H15ClN2S. The Labute approximate surface area is 105 Å². The molecule has 2 nitrogen and oxygen atoms in total. The molecule has 1 aliphatic heterocycles.